The Morgan fingerprint density at radius 3 is 3.00 bits per heavy atom. The number of rotatable bonds is 6. The Morgan fingerprint density at radius 1 is 1.56 bits per heavy atom. The average Bonchev–Trinajstić information content (AvgIpc) is 2.37. The topological polar surface area (TPSA) is 112 Å². The van der Waals surface area contributed by atoms with E-state index in [4.69, 9.17) is 15.1 Å². The SMILES string of the molecule is N#CCCNC(=O)COc1cccnc1C(=O)O. The minimum Gasteiger partial charge on any atom is -0.481 e. The fourth-order valence-electron chi connectivity index (χ4n) is 1.12. The summed E-state index contributed by atoms with van der Waals surface area (Å²) in [6, 6.07) is 4.80. The molecule has 0 aliphatic heterocycles. The molecule has 0 saturated heterocycles. The third-order valence-electron chi connectivity index (χ3n) is 1.89. The number of carboxylic acids is 1. The van der Waals surface area contributed by atoms with Crippen LogP contribution in [-0.4, -0.2) is 35.1 Å². The highest BCUT2D eigenvalue weighted by Gasteiger charge is 2.13. The molecule has 0 aromatic carbocycles. The molecule has 0 bridgehead atoms. The van der Waals surface area contributed by atoms with Crippen LogP contribution in [0, 0.1) is 11.3 Å². The molecular formula is C11H11N3O4. The minimum absolute atomic E-state index is 0.0282. The van der Waals surface area contributed by atoms with E-state index in [0.29, 0.717) is 0 Å². The van der Waals surface area contributed by atoms with Crippen LogP contribution in [0.1, 0.15) is 16.9 Å². The van der Waals surface area contributed by atoms with Gasteiger partial charge in [0, 0.05) is 12.7 Å². The lowest BCUT2D eigenvalue weighted by molar-refractivity contribution is -0.123. The first kappa shape index (κ1) is 13.4. The summed E-state index contributed by atoms with van der Waals surface area (Å²) in [5.74, 6) is -1.62. The highest BCUT2D eigenvalue weighted by molar-refractivity contribution is 5.88. The number of hydrogen-bond acceptors (Lipinski definition) is 5. The van der Waals surface area contributed by atoms with Gasteiger partial charge in [-0.25, -0.2) is 9.78 Å². The van der Waals surface area contributed by atoms with E-state index in [0.717, 1.165) is 0 Å². The van der Waals surface area contributed by atoms with E-state index >= 15 is 0 Å². The van der Waals surface area contributed by atoms with E-state index < -0.39 is 11.9 Å². The Kier molecular flexibility index (Phi) is 5.12. The van der Waals surface area contributed by atoms with Gasteiger partial charge in [-0.1, -0.05) is 0 Å². The van der Waals surface area contributed by atoms with Crippen molar-refractivity contribution in [3.8, 4) is 11.8 Å². The molecule has 1 heterocycles. The third-order valence-corrected chi connectivity index (χ3v) is 1.89. The van der Waals surface area contributed by atoms with Gasteiger partial charge in [0.1, 0.15) is 0 Å². The highest BCUT2D eigenvalue weighted by atomic mass is 16.5. The van der Waals surface area contributed by atoms with Crippen LogP contribution in [0.4, 0.5) is 0 Å². The number of pyridine rings is 1. The highest BCUT2D eigenvalue weighted by Crippen LogP contribution is 2.14. The van der Waals surface area contributed by atoms with Gasteiger partial charge in [0.25, 0.3) is 5.91 Å². The summed E-state index contributed by atoms with van der Waals surface area (Å²) in [4.78, 5) is 25.7. The lowest BCUT2D eigenvalue weighted by atomic mass is 10.3. The lowest BCUT2D eigenvalue weighted by Crippen LogP contribution is -2.29. The van der Waals surface area contributed by atoms with Gasteiger partial charge in [-0.05, 0) is 12.1 Å². The number of nitrogens with zero attached hydrogens (tertiary/aromatic N) is 2. The molecule has 1 rings (SSSR count). The first-order chi connectivity index (χ1) is 8.65. The van der Waals surface area contributed by atoms with E-state index in [2.05, 4.69) is 10.3 Å². The zero-order valence-electron chi connectivity index (χ0n) is 9.42. The van der Waals surface area contributed by atoms with Crippen LogP contribution in [0.2, 0.25) is 0 Å². The summed E-state index contributed by atoms with van der Waals surface area (Å²) in [5, 5.41) is 19.6. The van der Waals surface area contributed by atoms with E-state index in [9.17, 15) is 9.59 Å². The molecule has 1 aromatic rings. The van der Waals surface area contributed by atoms with Gasteiger partial charge in [0.15, 0.2) is 18.1 Å². The van der Waals surface area contributed by atoms with Crippen LogP contribution in [0.25, 0.3) is 0 Å². The molecule has 7 nitrogen and oxygen atoms in total. The van der Waals surface area contributed by atoms with Gasteiger partial charge < -0.3 is 15.2 Å². The molecule has 0 aliphatic rings. The maximum absolute atomic E-state index is 11.3. The predicted octanol–water partition coefficient (Wildman–Crippen LogP) is 0.188. The van der Waals surface area contributed by atoms with Gasteiger partial charge in [-0.2, -0.15) is 5.26 Å². The Balaban J connectivity index is 2.51. The van der Waals surface area contributed by atoms with Crippen molar-refractivity contribution in [2.24, 2.45) is 0 Å². The molecule has 2 N–H and O–H groups in total. The third kappa shape index (κ3) is 4.09. The zero-order chi connectivity index (χ0) is 13.4. The van der Waals surface area contributed by atoms with Gasteiger partial charge in [0.2, 0.25) is 0 Å². The second-order valence-corrected chi connectivity index (χ2v) is 3.20. The van der Waals surface area contributed by atoms with Gasteiger partial charge in [-0.3, -0.25) is 4.79 Å². The first-order valence-electron chi connectivity index (χ1n) is 5.10. The second kappa shape index (κ2) is 6.85. The maximum atomic E-state index is 11.3. The monoisotopic (exact) mass is 249 g/mol. The van der Waals surface area contributed by atoms with Crippen molar-refractivity contribution in [1.82, 2.24) is 10.3 Å². The molecule has 18 heavy (non-hydrogen) atoms. The molecule has 0 aliphatic carbocycles. The second-order valence-electron chi connectivity index (χ2n) is 3.20. The number of carbonyl (C=O) groups is 2. The van der Waals surface area contributed by atoms with Crippen LogP contribution in [0.15, 0.2) is 18.3 Å². The molecule has 0 atom stereocenters. The molecule has 0 spiro atoms. The summed E-state index contributed by atoms with van der Waals surface area (Å²) >= 11 is 0. The summed E-state index contributed by atoms with van der Waals surface area (Å²) < 4.78 is 5.05. The summed E-state index contributed by atoms with van der Waals surface area (Å²) in [6.45, 7) is -0.0884. The molecule has 0 radical (unpaired) electrons. The number of hydrogen-bond donors (Lipinski definition) is 2. The Labute approximate surface area is 103 Å². The number of carboxylic acid groups (broad SMARTS) is 1. The summed E-state index contributed by atoms with van der Waals surface area (Å²) in [5.41, 5.74) is -0.248. The van der Waals surface area contributed by atoms with Crippen LogP contribution >= 0.6 is 0 Å². The first-order valence-corrected chi connectivity index (χ1v) is 5.10. The Morgan fingerprint density at radius 2 is 2.33 bits per heavy atom. The quantitative estimate of drug-likeness (QED) is 0.696. The van der Waals surface area contributed by atoms with Gasteiger partial charge in [-0.15, -0.1) is 0 Å². The van der Waals surface area contributed by atoms with Crippen molar-refractivity contribution in [2.45, 2.75) is 6.42 Å². The molecule has 0 fully saturated rings. The van der Waals surface area contributed by atoms with E-state index in [-0.39, 0.29) is 31.0 Å². The van der Waals surface area contributed by atoms with E-state index in [1.54, 1.807) is 0 Å². The van der Waals surface area contributed by atoms with Crippen molar-refractivity contribution in [1.29, 1.82) is 5.26 Å². The standard InChI is InChI=1S/C11H11N3O4/c12-4-2-6-13-9(15)7-18-8-3-1-5-14-10(8)11(16)17/h1,3,5H,2,6-7H2,(H,13,15)(H,16,17). The van der Waals surface area contributed by atoms with Crippen molar-refractivity contribution >= 4 is 11.9 Å². The van der Waals surface area contributed by atoms with Crippen molar-refractivity contribution in [3.63, 3.8) is 0 Å². The van der Waals surface area contributed by atoms with Crippen LogP contribution in [-0.2, 0) is 4.79 Å². The number of carbonyl (C=O) groups excluding carboxylic acids is 1. The maximum Gasteiger partial charge on any atom is 0.358 e. The molecule has 1 amide bonds. The van der Waals surface area contributed by atoms with Crippen molar-refractivity contribution in [3.05, 3.63) is 24.0 Å². The fourth-order valence-corrected chi connectivity index (χ4v) is 1.12. The van der Waals surface area contributed by atoms with Gasteiger partial charge in [0.05, 0.1) is 12.5 Å². The van der Waals surface area contributed by atoms with E-state index in [1.807, 2.05) is 6.07 Å². The molecule has 7 heteroatoms. The van der Waals surface area contributed by atoms with Gasteiger partial charge >= 0.3 is 5.97 Å². The van der Waals surface area contributed by atoms with Crippen LogP contribution < -0.4 is 10.1 Å². The minimum atomic E-state index is -1.23. The van der Waals surface area contributed by atoms with Crippen LogP contribution in [0.5, 0.6) is 5.75 Å². The molecule has 0 unspecified atom stereocenters. The number of ether oxygens (including phenoxy) is 1. The molecule has 0 saturated carbocycles. The summed E-state index contributed by atoms with van der Waals surface area (Å²) in [7, 11) is 0. The number of nitrogens with one attached hydrogen (secondary N) is 1. The summed E-state index contributed by atoms with van der Waals surface area (Å²) in [6.07, 6.45) is 1.53. The normalized spacial score (nSPS) is 9.28. The number of amides is 1. The molecule has 1 aromatic heterocycles. The lowest BCUT2D eigenvalue weighted by Gasteiger charge is -2.07. The number of aromatic nitrogens is 1. The van der Waals surface area contributed by atoms with E-state index in [1.165, 1.54) is 18.3 Å². The average molecular weight is 249 g/mol. The molecule has 94 valence electrons. The fraction of sp³-hybridized carbons (Fsp3) is 0.273. The zero-order valence-corrected chi connectivity index (χ0v) is 9.42. The van der Waals surface area contributed by atoms with Crippen molar-refractivity contribution < 1.29 is 19.4 Å². The number of nitriles is 1. The van der Waals surface area contributed by atoms with Crippen molar-refractivity contribution in [2.75, 3.05) is 13.2 Å². The smallest absolute Gasteiger partial charge is 0.358 e. The predicted molar refractivity (Wildman–Crippen MR) is 59.9 cm³/mol. The Bertz CT molecular complexity index is 481. The Hall–Kier alpha value is -2.62. The largest absolute Gasteiger partial charge is 0.481 e. The number of aromatic carboxylic acids is 1. The van der Waals surface area contributed by atoms with Crippen LogP contribution in [0.3, 0.4) is 0 Å². The molecular weight excluding hydrogens is 238 g/mol.